The second kappa shape index (κ2) is 7.75. The molecule has 4 nitrogen and oxygen atoms in total. The Morgan fingerprint density at radius 2 is 1.78 bits per heavy atom. The van der Waals surface area contributed by atoms with Crippen molar-refractivity contribution >= 4 is 11.9 Å². The summed E-state index contributed by atoms with van der Waals surface area (Å²) < 4.78 is 0. The third-order valence-corrected chi connectivity index (χ3v) is 3.41. The van der Waals surface area contributed by atoms with E-state index in [2.05, 4.69) is 11.2 Å². The first-order valence-electron chi connectivity index (χ1n) is 6.61. The topological polar surface area (TPSA) is 66.4 Å². The average Bonchev–Trinajstić information content (AvgIpc) is 2.27. The molecule has 1 aliphatic carbocycles. The number of rotatable bonds is 4. The van der Waals surface area contributed by atoms with Crippen LogP contribution in [0.3, 0.4) is 0 Å². The molecule has 1 atom stereocenters. The number of carboxylic acid groups (broad SMARTS) is 1. The lowest BCUT2D eigenvalue weighted by Gasteiger charge is -2.21. The molecule has 1 aliphatic rings. The van der Waals surface area contributed by atoms with Crippen molar-refractivity contribution in [2.24, 2.45) is 5.92 Å². The lowest BCUT2D eigenvalue weighted by Crippen LogP contribution is -2.43. The molecule has 2 N–H and O–H groups in total. The second-order valence-electron chi connectivity index (χ2n) is 4.85. The maximum Gasteiger partial charge on any atom is 0.327 e. The van der Waals surface area contributed by atoms with E-state index in [9.17, 15) is 9.59 Å². The Kier molecular flexibility index (Phi) is 6.27. The molecule has 0 aliphatic heterocycles. The Labute approximate surface area is 108 Å². The molecular formula is C14H21NO3. The summed E-state index contributed by atoms with van der Waals surface area (Å²) in [6.07, 6.45) is 12.5. The molecule has 0 radical (unpaired) electrons. The van der Waals surface area contributed by atoms with Gasteiger partial charge in [0, 0.05) is 12.3 Å². The van der Waals surface area contributed by atoms with Crippen molar-refractivity contribution in [2.45, 2.75) is 57.4 Å². The van der Waals surface area contributed by atoms with Gasteiger partial charge in [-0.25, -0.2) is 4.79 Å². The molecule has 1 rings (SSSR count). The van der Waals surface area contributed by atoms with Crippen LogP contribution >= 0.6 is 0 Å². The van der Waals surface area contributed by atoms with Crippen LogP contribution in [0.5, 0.6) is 0 Å². The van der Waals surface area contributed by atoms with Crippen LogP contribution in [0.4, 0.5) is 0 Å². The summed E-state index contributed by atoms with van der Waals surface area (Å²) in [5.41, 5.74) is 0. The van der Waals surface area contributed by atoms with E-state index in [1.165, 1.54) is 6.42 Å². The van der Waals surface area contributed by atoms with E-state index in [4.69, 9.17) is 11.5 Å². The summed E-state index contributed by atoms with van der Waals surface area (Å²) in [7, 11) is 0. The van der Waals surface area contributed by atoms with Gasteiger partial charge in [-0.2, -0.15) is 0 Å². The first kappa shape index (κ1) is 14.6. The van der Waals surface area contributed by atoms with Gasteiger partial charge in [0.2, 0.25) is 5.91 Å². The van der Waals surface area contributed by atoms with Crippen LogP contribution < -0.4 is 5.32 Å². The van der Waals surface area contributed by atoms with Crippen LogP contribution in [-0.4, -0.2) is 23.0 Å². The van der Waals surface area contributed by atoms with E-state index in [1.807, 2.05) is 0 Å². The molecule has 0 aromatic rings. The molecule has 0 aromatic heterocycles. The minimum absolute atomic E-state index is 0.0355. The molecule has 0 bridgehead atoms. The lowest BCUT2D eigenvalue weighted by atomic mass is 9.90. The summed E-state index contributed by atoms with van der Waals surface area (Å²) in [4.78, 5) is 22.9. The Morgan fingerprint density at radius 3 is 2.28 bits per heavy atom. The monoisotopic (exact) mass is 251 g/mol. The molecule has 18 heavy (non-hydrogen) atoms. The number of carbonyl (C=O) groups excluding carboxylic acids is 1. The third kappa shape index (κ3) is 4.79. The normalized spacial score (nSPS) is 19.1. The van der Waals surface area contributed by atoms with Gasteiger partial charge < -0.3 is 10.4 Å². The van der Waals surface area contributed by atoms with Gasteiger partial charge in [0.05, 0.1) is 0 Å². The smallest absolute Gasteiger partial charge is 0.327 e. The lowest BCUT2D eigenvalue weighted by molar-refractivity contribution is -0.142. The van der Waals surface area contributed by atoms with Crippen LogP contribution in [0.15, 0.2) is 0 Å². The highest BCUT2D eigenvalue weighted by atomic mass is 16.4. The molecule has 0 heterocycles. The fourth-order valence-electron chi connectivity index (χ4n) is 2.33. The van der Waals surface area contributed by atoms with E-state index in [-0.39, 0.29) is 18.2 Å². The first-order valence-corrected chi connectivity index (χ1v) is 6.61. The molecule has 4 heteroatoms. The Bertz CT molecular complexity index is 324. The highest BCUT2D eigenvalue weighted by Crippen LogP contribution is 2.22. The molecular weight excluding hydrogens is 230 g/mol. The highest BCUT2D eigenvalue weighted by Gasteiger charge is 2.24. The largest absolute Gasteiger partial charge is 0.480 e. The molecule has 1 fully saturated rings. The van der Waals surface area contributed by atoms with E-state index >= 15 is 0 Å². The number of amides is 1. The van der Waals surface area contributed by atoms with Crippen molar-refractivity contribution in [1.82, 2.24) is 5.32 Å². The van der Waals surface area contributed by atoms with Crippen LogP contribution in [-0.2, 0) is 9.59 Å². The summed E-state index contributed by atoms with van der Waals surface area (Å²) in [5, 5.41) is 11.5. The highest BCUT2D eigenvalue weighted by molar-refractivity contribution is 5.85. The second-order valence-corrected chi connectivity index (χ2v) is 4.85. The van der Waals surface area contributed by atoms with Crippen molar-refractivity contribution < 1.29 is 14.7 Å². The van der Waals surface area contributed by atoms with Gasteiger partial charge >= 0.3 is 5.97 Å². The predicted molar refractivity (Wildman–Crippen MR) is 68.8 cm³/mol. The summed E-state index contributed by atoms with van der Waals surface area (Å²) in [5.74, 6) is 1.02. The fourth-order valence-corrected chi connectivity index (χ4v) is 2.33. The van der Waals surface area contributed by atoms with Gasteiger partial charge in [-0.3, -0.25) is 4.79 Å². The van der Waals surface area contributed by atoms with E-state index in [0.717, 1.165) is 38.5 Å². The van der Waals surface area contributed by atoms with Crippen LogP contribution in [0.1, 0.15) is 51.4 Å². The van der Waals surface area contributed by atoms with Crippen LogP contribution in [0.2, 0.25) is 0 Å². The zero-order valence-electron chi connectivity index (χ0n) is 10.7. The minimum Gasteiger partial charge on any atom is -0.480 e. The van der Waals surface area contributed by atoms with E-state index < -0.39 is 12.0 Å². The number of nitrogens with one attached hydrogen (secondary N) is 1. The van der Waals surface area contributed by atoms with Gasteiger partial charge in [-0.05, 0) is 12.8 Å². The van der Waals surface area contributed by atoms with Crippen molar-refractivity contribution in [3.05, 3.63) is 0 Å². The Hall–Kier alpha value is -1.50. The van der Waals surface area contributed by atoms with Gasteiger partial charge in [0.25, 0.3) is 0 Å². The fraction of sp³-hybridized carbons (Fsp3) is 0.714. The van der Waals surface area contributed by atoms with Crippen molar-refractivity contribution in [2.75, 3.05) is 0 Å². The van der Waals surface area contributed by atoms with Gasteiger partial charge in [0.15, 0.2) is 0 Å². The van der Waals surface area contributed by atoms with Gasteiger partial charge in [-0.1, -0.05) is 32.1 Å². The van der Waals surface area contributed by atoms with E-state index in [0.29, 0.717) is 0 Å². The first-order chi connectivity index (χ1) is 8.65. The Balaban J connectivity index is 2.50. The molecule has 1 unspecified atom stereocenters. The minimum atomic E-state index is -1.06. The predicted octanol–water partition coefficient (Wildman–Crippen LogP) is 1.94. The molecule has 0 aromatic carbocycles. The quantitative estimate of drug-likeness (QED) is 0.750. The van der Waals surface area contributed by atoms with E-state index in [1.54, 1.807) is 0 Å². The number of terminal acetylenes is 1. The zero-order chi connectivity index (χ0) is 13.4. The molecule has 0 saturated heterocycles. The Morgan fingerprint density at radius 1 is 1.22 bits per heavy atom. The van der Waals surface area contributed by atoms with Crippen LogP contribution in [0, 0.1) is 18.3 Å². The third-order valence-electron chi connectivity index (χ3n) is 3.41. The number of hydrogen-bond acceptors (Lipinski definition) is 2. The SMILES string of the molecule is C#CCC(NC(=O)C1CCCCCCC1)C(=O)O. The summed E-state index contributed by atoms with van der Waals surface area (Å²) in [6.45, 7) is 0. The zero-order valence-corrected chi connectivity index (χ0v) is 10.7. The number of carboxylic acids is 1. The van der Waals surface area contributed by atoms with Crippen molar-refractivity contribution in [3.8, 4) is 12.3 Å². The summed E-state index contributed by atoms with van der Waals surface area (Å²) >= 11 is 0. The number of carbonyl (C=O) groups is 2. The maximum absolute atomic E-state index is 12.0. The average molecular weight is 251 g/mol. The molecule has 100 valence electrons. The molecule has 1 amide bonds. The standard InChI is InChI=1S/C14H21NO3/c1-2-8-12(14(17)18)15-13(16)11-9-6-4-3-5-7-10-11/h1,11-12H,3-10H2,(H,15,16)(H,17,18). The number of aliphatic carboxylic acids is 1. The number of hydrogen-bond donors (Lipinski definition) is 2. The van der Waals surface area contributed by atoms with Gasteiger partial charge in [0.1, 0.15) is 6.04 Å². The van der Waals surface area contributed by atoms with Crippen LogP contribution in [0.25, 0.3) is 0 Å². The molecule has 0 spiro atoms. The van der Waals surface area contributed by atoms with Crippen molar-refractivity contribution in [1.29, 1.82) is 0 Å². The summed E-state index contributed by atoms with van der Waals surface area (Å²) in [6, 6.07) is -0.951. The molecule has 1 saturated carbocycles. The van der Waals surface area contributed by atoms with Crippen molar-refractivity contribution in [3.63, 3.8) is 0 Å². The van der Waals surface area contributed by atoms with Gasteiger partial charge in [-0.15, -0.1) is 12.3 Å². The maximum atomic E-state index is 12.0.